The minimum atomic E-state index is -0.123. The van der Waals surface area contributed by atoms with Crippen molar-refractivity contribution >= 4 is 18.0 Å². The molecule has 1 atom stereocenters. The molecule has 1 aromatic rings. The molecule has 1 unspecified atom stereocenters. The van der Waals surface area contributed by atoms with Crippen molar-refractivity contribution in [3.05, 3.63) is 40.8 Å². The van der Waals surface area contributed by atoms with Crippen LogP contribution in [0.5, 0.6) is 0 Å². The SMILES string of the molecule is Cc1ccc(C(C)(C)C)cc1NC1=C2C(N=CN2C)NC(=NCCC2CCOCC2)N1. The van der Waals surface area contributed by atoms with Gasteiger partial charge in [-0.15, -0.1) is 0 Å². The Bertz CT molecular complexity index is 892. The van der Waals surface area contributed by atoms with Gasteiger partial charge in [0.2, 0.25) is 0 Å². The summed E-state index contributed by atoms with van der Waals surface area (Å²) in [5, 5.41) is 10.6. The lowest BCUT2D eigenvalue weighted by atomic mass is 9.86. The lowest BCUT2D eigenvalue weighted by molar-refractivity contribution is 0.0647. The number of likely N-dealkylation sites (N-methyl/N-ethyl adjacent to an activating group) is 1. The molecule has 0 radical (unpaired) electrons. The normalized spacial score (nSPS) is 23.1. The van der Waals surface area contributed by atoms with Crippen LogP contribution in [0.4, 0.5) is 5.69 Å². The molecule has 3 N–H and O–H groups in total. The topological polar surface area (TPSA) is 73.3 Å². The number of nitrogens with zero attached hydrogens (tertiary/aromatic N) is 3. The lowest BCUT2D eigenvalue weighted by Crippen LogP contribution is -2.51. The molecule has 0 aliphatic carbocycles. The van der Waals surface area contributed by atoms with Gasteiger partial charge >= 0.3 is 0 Å². The van der Waals surface area contributed by atoms with Crippen LogP contribution in [-0.2, 0) is 10.2 Å². The van der Waals surface area contributed by atoms with Gasteiger partial charge in [-0.1, -0.05) is 32.9 Å². The van der Waals surface area contributed by atoms with Crippen molar-refractivity contribution in [1.29, 1.82) is 0 Å². The zero-order chi connectivity index (χ0) is 22.0. The molecule has 0 bridgehead atoms. The summed E-state index contributed by atoms with van der Waals surface area (Å²) in [7, 11) is 2.02. The maximum absolute atomic E-state index is 5.47. The Kier molecular flexibility index (Phi) is 6.23. The van der Waals surface area contributed by atoms with Crippen molar-refractivity contribution in [3.63, 3.8) is 0 Å². The van der Waals surface area contributed by atoms with Gasteiger partial charge in [-0.2, -0.15) is 0 Å². The van der Waals surface area contributed by atoms with Gasteiger partial charge in [0.15, 0.2) is 12.1 Å². The van der Waals surface area contributed by atoms with Gasteiger partial charge in [0, 0.05) is 32.5 Å². The summed E-state index contributed by atoms with van der Waals surface area (Å²) in [6, 6.07) is 6.65. The van der Waals surface area contributed by atoms with Crippen LogP contribution in [-0.4, -0.2) is 50.2 Å². The molecule has 1 fully saturated rings. The Morgan fingerprint density at radius 1 is 1.26 bits per heavy atom. The van der Waals surface area contributed by atoms with E-state index in [1.54, 1.807) is 0 Å². The van der Waals surface area contributed by atoms with Gasteiger partial charge < -0.3 is 25.6 Å². The number of guanidine groups is 1. The number of anilines is 1. The largest absolute Gasteiger partial charge is 0.381 e. The Hall–Kier alpha value is -2.54. The third-order valence-electron chi connectivity index (χ3n) is 6.31. The Morgan fingerprint density at radius 2 is 2.03 bits per heavy atom. The summed E-state index contributed by atoms with van der Waals surface area (Å²) in [6.45, 7) is 11.4. The van der Waals surface area contributed by atoms with Gasteiger partial charge in [0.1, 0.15) is 11.5 Å². The average Bonchev–Trinajstić information content (AvgIpc) is 3.10. The number of nitrogens with one attached hydrogen (secondary N) is 3. The van der Waals surface area contributed by atoms with Crippen LogP contribution in [0.15, 0.2) is 39.7 Å². The highest BCUT2D eigenvalue weighted by Gasteiger charge is 2.31. The van der Waals surface area contributed by atoms with Crippen LogP contribution in [0.2, 0.25) is 0 Å². The summed E-state index contributed by atoms with van der Waals surface area (Å²) in [6.07, 6.45) is 5.12. The van der Waals surface area contributed by atoms with Crippen molar-refractivity contribution in [2.45, 2.75) is 58.5 Å². The fraction of sp³-hybridized carbons (Fsp3) is 0.583. The predicted octanol–water partition coefficient (Wildman–Crippen LogP) is 3.54. The fourth-order valence-electron chi connectivity index (χ4n) is 4.19. The van der Waals surface area contributed by atoms with E-state index in [2.05, 4.69) is 71.7 Å². The first-order valence-electron chi connectivity index (χ1n) is 11.4. The molecule has 0 aromatic heterocycles. The smallest absolute Gasteiger partial charge is 0.198 e. The molecule has 3 aliphatic heterocycles. The number of hydrogen-bond acceptors (Lipinski definition) is 5. The summed E-state index contributed by atoms with van der Waals surface area (Å²) in [5.41, 5.74) is 4.78. The second kappa shape index (κ2) is 8.91. The van der Waals surface area contributed by atoms with Crippen molar-refractivity contribution in [2.75, 3.05) is 32.1 Å². The van der Waals surface area contributed by atoms with E-state index in [4.69, 9.17) is 9.73 Å². The molecule has 0 spiro atoms. The van der Waals surface area contributed by atoms with E-state index in [1.807, 2.05) is 13.4 Å². The number of aryl methyl sites for hydroxylation is 1. The highest BCUT2D eigenvalue weighted by Crippen LogP contribution is 2.29. The summed E-state index contributed by atoms with van der Waals surface area (Å²) >= 11 is 0. The molecule has 7 heteroatoms. The van der Waals surface area contributed by atoms with E-state index in [0.717, 1.165) is 62.2 Å². The van der Waals surface area contributed by atoms with E-state index < -0.39 is 0 Å². The number of fused-ring (bicyclic) bond motifs is 1. The Labute approximate surface area is 186 Å². The standard InChI is InChI=1S/C24H36N6O/c1-16-6-7-18(24(2,3)4)14-19(16)27-22-20-21(26-15-30(20)5)28-23(29-22)25-11-8-17-9-12-31-13-10-17/h6-7,14-15,17,21,27H,8-13H2,1-5H3,(H2,25,28,29). The molecule has 3 heterocycles. The molecule has 31 heavy (non-hydrogen) atoms. The molecule has 4 rings (SSSR count). The zero-order valence-corrected chi connectivity index (χ0v) is 19.5. The maximum Gasteiger partial charge on any atom is 0.198 e. The molecule has 3 aliphatic rings. The van der Waals surface area contributed by atoms with Gasteiger partial charge in [-0.3, -0.25) is 4.99 Å². The van der Waals surface area contributed by atoms with E-state index in [0.29, 0.717) is 5.92 Å². The molecule has 0 amide bonds. The molecule has 0 saturated carbocycles. The van der Waals surface area contributed by atoms with Crippen molar-refractivity contribution < 1.29 is 4.74 Å². The van der Waals surface area contributed by atoms with Crippen molar-refractivity contribution in [1.82, 2.24) is 15.5 Å². The minimum Gasteiger partial charge on any atom is -0.381 e. The number of benzene rings is 1. The van der Waals surface area contributed by atoms with Crippen LogP contribution in [0.25, 0.3) is 0 Å². The second-order valence-corrected chi connectivity index (χ2v) is 9.79. The molecule has 1 aromatic carbocycles. The highest BCUT2D eigenvalue weighted by atomic mass is 16.5. The highest BCUT2D eigenvalue weighted by molar-refractivity contribution is 5.86. The summed E-state index contributed by atoms with van der Waals surface area (Å²) in [4.78, 5) is 11.5. The quantitative estimate of drug-likeness (QED) is 0.674. The number of hydrogen-bond donors (Lipinski definition) is 3. The third-order valence-corrected chi connectivity index (χ3v) is 6.31. The van der Waals surface area contributed by atoms with Crippen LogP contribution >= 0.6 is 0 Å². The van der Waals surface area contributed by atoms with E-state index in [1.165, 1.54) is 11.1 Å². The Balaban J connectivity index is 1.52. The second-order valence-electron chi connectivity index (χ2n) is 9.79. The maximum atomic E-state index is 5.47. The predicted molar refractivity (Wildman–Crippen MR) is 127 cm³/mol. The first-order chi connectivity index (χ1) is 14.8. The van der Waals surface area contributed by atoms with E-state index in [-0.39, 0.29) is 11.6 Å². The van der Waals surface area contributed by atoms with Gasteiger partial charge in [-0.25, -0.2) is 4.99 Å². The van der Waals surface area contributed by atoms with Crippen LogP contribution in [0.3, 0.4) is 0 Å². The molecule has 1 saturated heterocycles. The first-order valence-corrected chi connectivity index (χ1v) is 11.4. The molecular formula is C24H36N6O. The Morgan fingerprint density at radius 3 is 2.77 bits per heavy atom. The van der Waals surface area contributed by atoms with Gasteiger partial charge in [0.25, 0.3) is 0 Å². The van der Waals surface area contributed by atoms with E-state index >= 15 is 0 Å². The van der Waals surface area contributed by atoms with Crippen LogP contribution in [0.1, 0.15) is 51.2 Å². The van der Waals surface area contributed by atoms with Gasteiger partial charge in [0.05, 0.1) is 6.34 Å². The van der Waals surface area contributed by atoms with Crippen LogP contribution in [0, 0.1) is 12.8 Å². The molecule has 168 valence electrons. The first kappa shape index (κ1) is 21.7. The zero-order valence-electron chi connectivity index (χ0n) is 19.5. The fourth-order valence-corrected chi connectivity index (χ4v) is 4.19. The minimum absolute atomic E-state index is 0.0933. The van der Waals surface area contributed by atoms with Crippen molar-refractivity contribution in [3.8, 4) is 0 Å². The summed E-state index contributed by atoms with van der Waals surface area (Å²) < 4.78 is 5.47. The molecular weight excluding hydrogens is 388 g/mol. The lowest BCUT2D eigenvalue weighted by Gasteiger charge is -2.30. The monoisotopic (exact) mass is 424 g/mol. The number of ether oxygens (including phenoxy) is 1. The number of rotatable bonds is 5. The average molecular weight is 425 g/mol. The van der Waals surface area contributed by atoms with E-state index in [9.17, 15) is 0 Å². The summed E-state index contributed by atoms with van der Waals surface area (Å²) in [5.74, 6) is 2.42. The molecule has 7 nitrogen and oxygen atoms in total. The van der Waals surface area contributed by atoms with Crippen molar-refractivity contribution in [2.24, 2.45) is 15.9 Å². The third kappa shape index (κ3) is 5.03. The van der Waals surface area contributed by atoms with Crippen LogP contribution < -0.4 is 16.0 Å². The number of aliphatic imine (C=N–C) groups is 2. The van der Waals surface area contributed by atoms with Gasteiger partial charge in [-0.05, 0) is 54.7 Å².